The van der Waals surface area contributed by atoms with Gasteiger partial charge >= 0.3 is 6.03 Å². The van der Waals surface area contributed by atoms with Gasteiger partial charge < -0.3 is 15.7 Å². The van der Waals surface area contributed by atoms with Crippen LogP contribution in [-0.2, 0) is 0 Å². The van der Waals surface area contributed by atoms with Crippen molar-refractivity contribution in [3.8, 4) is 11.1 Å². The van der Waals surface area contributed by atoms with Crippen molar-refractivity contribution in [2.24, 2.45) is 0 Å². The predicted octanol–water partition coefficient (Wildman–Crippen LogP) is 4.03. The van der Waals surface area contributed by atoms with Crippen LogP contribution >= 0.6 is 0 Å². The second-order valence-electron chi connectivity index (χ2n) is 5.68. The zero-order chi connectivity index (χ0) is 16.7. The van der Waals surface area contributed by atoms with Crippen LogP contribution in [0.1, 0.15) is 26.7 Å². The van der Waals surface area contributed by atoms with Crippen molar-refractivity contribution in [1.29, 1.82) is 0 Å². The highest BCUT2D eigenvalue weighted by atomic mass is 16.3. The van der Waals surface area contributed by atoms with Gasteiger partial charge in [0.25, 0.3) is 0 Å². The summed E-state index contributed by atoms with van der Waals surface area (Å²) in [5.74, 6) is 0. The lowest BCUT2D eigenvalue weighted by atomic mass is 9.98. The fourth-order valence-corrected chi connectivity index (χ4v) is 2.30. The highest BCUT2D eigenvalue weighted by Crippen LogP contribution is 2.21. The lowest BCUT2D eigenvalue weighted by Gasteiger charge is -2.25. The molecule has 0 spiro atoms. The number of amides is 2. The van der Waals surface area contributed by atoms with E-state index in [9.17, 15) is 9.90 Å². The van der Waals surface area contributed by atoms with Gasteiger partial charge in [-0.3, -0.25) is 0 Å². The first-order valence-electron chi connectivity index (χ1n) is 7.99. The fraction of sp³-hybridized carbons (Fsp3) is 0.316. The molecule has 23 heavy (non-hydrogen) atoms. The molecule has 3 N–H and O–H groups in total. The molecular weight excluding hydrogens is 288 g/mol. The SMILES string of the molecule is CCC(O)(CC)CNC(=O)Nc1ccc(-c2ccccc2)cc1. The third-order valence-electron chi connectivity index (χ3n) is 4.14. The third-order valence-corrected chi connectivity index (χ3v) is 4.14. The van der Waals surface area contributed by atoms with Crippen molar-refractivity contribution < 1.29 is 9.90 Å². The number of hydrogen-bond donors (Lipinski definition) is 3. The van der Waals surface area contributed by atoms with Crippen molar-refractivity contribution in [3.63, 3.8) is 0 Å². The molecule has 0 fully saturated rings. The van der Waals surface area contributed by atoms with Crippen molar-refractivity contribution in [3.05, 3.63) is 54.6 Å². The molecule has 0 aliphatic rings. The Morgan fingerprint density at radius 2 is 1.52 bits per heavy atom. The van der Waals surface area contributed by atoms with Crippen LogP contribution in [0.3, 0.4) is 0 Å². The molecule has 0 heterocycles. The number of anilines is 1. The number of rotatable bonds is 6. The number of benzene rings is 2. The van der Waals surface area contributed by atoms with E-state index in [1.807, 2.05) is 68.4 Å². The second-order valence-corrected chi connectivity index (χ2v) is 5.68. The van der Waals surface area contributed by atoms with Crippen molar-refractivity contribution in [1.82, 2.24) is 5.32 Å². The Balaban J connectivity index is 1.92. The van der Waals surface area contributed by atoms with Crippen molar-refractivity contribution in [2.45, 2.75) is 32.3 Å². The molecule has 0 bridgehead atoms. The molecule has 0 saturated heterocycles. The summed E-state index contributed by atoms with van der Waals surface area (Å²) < 4.78 is 0. The zero-order valence-corrected chi connectivity index (χ0v) is 13.7. The predicted molar refractivity (Wildman–Crippen MR) is 94.4 cm³/mol. The van der Waals surface area contributed by atoms with E-state index >= 15 is 0 Å². The summed E-state index contributed by atoms with van der Waals surface area (Å²) in [6.45, 7) is 4.06. The van der Waals surface area contributed by atoms with E-state index in [0.717, 1.165) is 16.8 Å². The number of urea groups is 1. The van der Waals surface area contributed by atoms with E-state index in [2.05, 4.69) is 10.6 Å². The molecule has 2 amide bonds. The van der Waals surface area contributed by atoms with Crippen LogP contribution in [0.15, 0.2) is 54.6 Å². The van der Waals surface area contributed by atoms with Gasteiger partial charge in [-0.1, -0.05) is 56.3 Å². The van der Waals surface area contributed by atoms with Gasteiger partial charge in [0, 0.05) is 12.2 Å². The normalized spacial score (nSPS) is 11.1. The van der Waals surface area contributed by atoms with Crippen LogP contribution in [0.25, 0.3) is 11.1 Å². The summed E-state index contributed by atoms with van der Waals surface area (Å²) in [6, 6.07) is 17.4. The molecule has 0 aliphatic carbocycles. The minimum absolute atomic E-state index is 0.244. The molecular formula is C19H24N2O2. The standard InChI is InChI=1S/C19H24N2O2/c1-3-19(23,4-2)14-20-18(22)21-17-12-10-16(11-13-17)15-8-6-5-7-9-15/h5-13,23H,3-4,14H2,1-2H3,(H2,20,21,22). The Labute approximate surface area is 137 Å². The summed E-state index contributed by atoms with van der Waals surface area (Å²) in [6.07, 6.45) is 1.21. The summed E-state index contributed by atoms with van der Waals surface area (Å²) in [4.78, 5) is 11.9. The molecule has 2 rings (SSSR count). The number of carbonyl (C=O) groups excluding carboxylic acids is 1. The number of aliphatic hydroxyl groups is 1. The third kappa shape index (κ3) is 4.83. The summed E-state index contributed by atoms with van der Waals surface area (Å²) in [5.41, 5.74) is 2.12. The number of hydrogen-bond acceptors (Lipinski definition) is 2. The number of carbonyl (C=O) groups is 1. The fourth-order valence-electron chi connectivity index (χ4n) is 2.30. The van der Waals surface area contributed by atoms with Crippen molar-refractivity contribution in [2.75, 3.05) is 11.9 Å². The summed E-state index contributed by atoms with van der Waals surface area (Å²) in [5, 5.41) is 15.7. The van der Waals surface area contributed by atoms with Gasteiger partial charge in [-0.05, 0) is 36.1 Å². The van der Waals surface area contributed by atoms with Gasteiger partial charge in [0.15, 0.2) is 0 Å². The highest BCUT2D eigenvalue weighted by Gasteiger charge is 2.22. The quantitative estimate of drug-likeness (QED) is 0.754. The Hall–Kier alpha value is -2.33. The van der Waals surface area contributed by atoms with E-state index in [-0.39, 0.29) is 12.6 Å². The maximum Gasteiger partial charge on any atom is 0.319 e. The maximum absolute atomic E-state index is 11.9. The lowest BCUT2D eigenvalue weighted by Crippen LogP contribution is -2.43. The van der Waals surface area contributed by atoms with E-state index in [4.69, 9.17) is 0 Å². The largest absolute Gasteiger partial charge is 0.388 e. The molecule has 122 valence electrons. The molecule has 0 aliphatic heterocycles. The van der Waals surface area contributed by atoms with E-state index < -0.39 is 5.60 Å². The van der Waals surface area contributed by atoms with Gasteiger partial charge in [0.05, 0.1) is 5.60 Å². The lowest BCUT2D eigenvalue weighted by molar-refractivity contribution is 0.0354. The average molecular weight is 312 g/mol. The summed E-state index contributed by atoms with van der Waals surface area (Å²) in [7, 11) is 0. The first kappa shape index (κ1) is 17.0. The second kappa shape index (κ2) is 7.79. The Kier molecular flexibility index (Phi) is 5.77. The van der Waals surface area contributed by atoms with Gasteiger partial charge in [0.1, 0.15) is 0 Å². The monoisotopic (exact) mass is 312 g/mol. The van der Waals surface area contributed by atoms with Gasteiger partial charge in [-0.2, -0.15) is 0 Å². The Bertz CT molecular complexity index is 620. The van der Waals surface area contributed by atoms with Gasteiger partial charge in [0.2, 0.25) is 0 Å². The zero-order valence-electron chi connectivity index (χ0n) is 13.7. The molecule has 0 saturated carbocycles. The Morgan fingerprint density at radius 3 is 2.09 bits per heavy atom. The molecule has 4 nitrogen and oxygen atoms in total. The molecule has 4 heteroatoms. The van der Waals surface area contributed by atoms with Crippen LogP contribution < -0.4 is 10.6 Å². The van der Waals surface area contributed by atoms with Gasteiger partial charge in [-0.15, -0.1) is 0 Å². The minimum atomic E-state index is -0.839. The van der Waals surface area contributed by atoms with E-state index in [1.54, 1.807) is 0 Å². The number of nitrogens with one attached hydrogen (secondary N) is 2. The van der Waals surface area contributed by atoms with Crippen LogP contribution in [0.4, 0.5) is 10.5 Å². The average Bonchev–Trinajstić information content (AvgIpc) is 2.61. The van der Waals surface area contributed by atoms with Crippen LogP contribution in [0.5, 0.6) is 0 Å². The molecule has 2 aromatic carbocycles. The first-order valence-corrected chi connectivity index (χ1v) is 7.99. The molecule has 2 aromatic rings. The molecule has 0 radical (unpaired) electrons. The Morgan fingerprint density at radius 1 is 0.957 bits per heavy atom. The smallest absolute Gasteiger partial charge is 0.319 e. The van der Waals surface area contributed by atoms with Crippen LogP contribution in [0, 0.1) is 0 Å². The first-order chi connectivity index (χ1) is 11.1. The van der Waals surface area contributed by atoms with Gasteiger partial charge in [-0.25, -0.2) is 4.79 Å². The minimum Gasteiger partial charge on any atom is -0.388 e. The van der Waals surface area contributed by atoms with Crippen LogP contribution in [0.2, 0.25) is 0 Å². The maximum atomic E-state index is 11.9. The topological polar surface area (TPSA) is 61.4 Å². The van der Waals surface area contributed by atoms with Crippen LogP contribution in [-0.4, -0.2) is 23.3 Å². The van der Waals surface area contributed by atoms with Crippen molar-refractivity contribution >= 4 is 11.7 Å². The highest BCUT2D eigenvalue weighted by molar-refractivity contribution is 5.89. The molecule has 0 unspecified atom stereocenters. The summed E-state index contributed by atoms with van der Waals surface area (Å²) >= 11 is 0. The van der Waals surface area contributed by atoms with E-state index in [0.29, 0.717) is 12.8 Å². The van der Waals surface area contributed by atoms with E-state index in [1.165, 1.54) is 0 Å². The molecule has 0 atom stereocenters. The molecule has 0 aromatic heterocycles.